The predicted molar refractivity (Wildman–Crippen MR) is 59.3 cm³/mol. The number of hydrogen-bond acceptors (Lipinski definition) is 2. The molecule has 0 bridgehead atoms. The van der Waals surface area contributed by atoms with Gasteiger partial charge in [-0.1, -0.05) is 26.0 Å². The highest BCUT2D eigenvalue weighted by Gasteiger charge is 2.31. The Hall–Kier alpha value is -0.630. The Morgan fingerprint density at radius 2 is 2.07 bits per heavy atom. The molecule has 0 radical (unpaired) electrons. The van der Waals surface area contributed by atoms with Crippen molar-refractivity contribution in [2.75, 3.05) is 19.6 Å². The van der Waals surface area contributed by atoms with Crippen LogP contribution in [-0.2, 0) is 4.79 Å². The fourth-order valence-electron chi connectivity index (χ4n) is 2.09. The van der Waals surface area contributed by atoms with Gasteiger partial charge in [0.15, 0.2) is 0 Å². The zero-order valence-corrected chi connectivity index (χ0v) is 9.33. The van der Waals surface area contributed by atoms with Crippen LogP contribution in [0.4, 0.5) is 0 Å². The topological polar surface area (TPSA) is 20.3 Å². The highest BCUT2D eigenvalue weighted by Crippen LogP contribution is 2.31. The Balaban J connectivity index is 2.60. The lowest BCUT2D eigenvalue weighted by Crippen LogP contribution is -2.39. The lowest BCUT2D eigenvalue weighted by Gasteiger charge is -2.34. The van der Waals surface area contributed by atoms with E-state index in [4.69, 9.17) is 0 Å². The number of carbonyl (C=O) groups is 1. The van der Waals surface area contributed by atoms with Crippen LogP contribution in [-0.4, -0.2) is 30.8 Å². The van der Waals surface area contributed by atoms with E-state index in [1.165, 1.54) is 6.29 Å². The molecule has 0 aromatic rings. The van der Waals surface area contributed by atoms with Crippen molar-refractivity contribution < 1.29 is 4.79 Å². The first-order valence-corrected chi connectivity index (χ1v) is 5.60. The molecule has 0 heterocycles. The molecule has 1 aliphatic rings. The molecule has 0 aliphatic heterocycles. The summed E-state index contributed by atoms with van der Waals surface area (Å²) in [5, 5.41) is 0. The Bertz CT molecular complexity index is 208. The largest absolute Gasteiger partial charge is 0.303 e. The summed E-state index contributed by atoms with van der Waals surface area (Å²) in [4.78, 5) is 13.5. The minimum Gasteiger partial charge on any atom is -0.303 e. The van der Waals surface area contributed by atoms with Crippen LogP contribution >= 0.6 is 0 Å². The molecule has 2 heteroatoms. The van der Waals surface area contributed by atoms with Crippen LogP contribution in [0.25, 0.3) is 0 Å². The normalized spacial score (nSPS) is 26.8. The molecule has 1 rings (SSSR count). The molecule has 14 heavy (non-hydrogen) atoms. The van der Waals surface area contributed by atoms with Crippen molar-refractivity contribution in [3.05, 3.63) is 12.2 Å². The molecule has 0 fully saturated rings. The Labute approximate surface area is 87.0 Å². The van der Waals surface area contributed by atoms with Crippen molar-refractivity contribution in [3.8, 4) is 0 Å². The number of nitrogens with zero attached hydrogens (tertiary/aromatic N) is 1. The standard InChI is InChI=1S/C12H21NO/c1-3-13(4-2)10-12(11-14)8-6-5-7-9-12/h5-6,11H,3-4,7-10H2,1-2H3/t12-/m0/s1. The molecule has 0 saturated heterocycles. The second-order valence-electron chi connectivity index (χ2n) is 4.16. The summed E-state index contributed by atoms with van der Waals surface area (Å²) in [7, 11) is 0. The van der Waals surface area contributed by atoms with Gasteiger partial charge < -0.3 is 9.69 Å². The average molecular weight is 195 g/mol. The van der Waals surface area contributed by atoms with Crippen molar-refractivity contribution >= 4 is 6.29 Å². The van der Waals surface area contributed by atoms with E-state index in [0.29, 0.717) is 0 Å². The molecule has 0 spiro atoms. The van der Waals surface area contributed by atoms with Gasteiger partial charge in [-0.05, 0) is 32.4 Å². The first-order chi connectivity index (χ1) is 6.76. The van der Waals surface area contributed by atoms with Crippen LogP contribution in [0.3, 0.4) is 0 Å². The van der Waals surface area contributed by atoms with Gasteiger partial charge in [0.2, 0.25) is 0 Å². The highest BCUT2D eigenvalue weighted by molar-refractivity contribution is 5.60. The molecule has 0 aromatic carbocycles. The maximum atomic E-state index is 11.2. The molecule has 0 amide bonds. The summed E-state index contributed by atoms with van der Waals surface area (Å²) in [5.41, 5.74) is -0.0965. The molecular formula is C12H21NO. The van der Waals surface area contributed by atoms with Gasteiger partial charge in [0.05, 0.1) is 0 Å². The predicted octanol–water partition coefficient (Wildman–Crippen LogP) is 2.25. The number of allylic oxidation sites excluding steroid dienone is 2. The van der Waals surface area contributed by atoms with Crippen LogP contribution in [0.1, 0.15) is 33.1 Å². The second kappa shape index (κ2) is 5.30. The maximum absolute atomic E-state index is 11.2. The van der Waals surface area contributed by atoms with Gasteiger partial charge >= 0.3 is 0 Å². The monoisotopic (exact) mass is 195 g/mol. The van der Waals surface area contributed by atoms with E-state index in [-0.39, 0.29) is 5.41 Å². The number of rotatable bonds is 5. The van der Waals surface area contributed by atoms with Crippen molar-refractivity contribution in [1.29, 1.82) is 0 Å². The molecular weight excluding hydrogens is 174 g/mol. The lowest BCUT2D eigenvalue weighted by molar-refractivity contribution is -0.117. The minimum absolute atomic E-state index is 0.0965. The summed E-state index contributed by atoms with van der Waals surface area (Å²) in [6, 6.07) is 0. The molecule has 0 N–H and O–H groups in total. The van der Waals surface area contributed by atoms with Gasteiger partial charge in [-0.2, -0.15) is 0 Å². The van der Waals surface area contributed by atoms with Gasteiger partial charge in [-0.15, -0.1) is 0 Å². The Morgan fingerprint density at radius 3 is 2.50 bits per heavy atom. The van der Waals surface area contributed by atoms with E-state index in [1.54, 1.807) is 0 Å². The molecule has 0 unspecified atom stereocenters. The third kappa shape index (κ3) is 2.68. The summed E-state index contributed by atoms with van der Waals surface area (Å²) in [6.45, 7) is 7.31. The minimum atomic E-state index is -0.0965. The van der Waals surface area contributed by atoms with E-state index in [9.17, 15) is 4.79 Å². The molecule has 80 valence electrons. The average Bonchev–Trinajstić information content (AvgIpc) is 2.27. The number of carbonyl (C=O) groups excluding carboxylic acids is 1. The van der Waals surface area contributed by atoms with Gasteiger partial charge in [0.25, 0.3) is 0 Å². The van der Waals surface area contributed by atoms with Crippen LogP contribution in [0, 0.1) is 5.41 Å². The fraction of sp³-hybridized carbons (Fsp3) is 0.750. The zero-order chi connectivity index (χ0) is 10.4. The SMILES string of the molecule is CCN(CC)C[C@]1(C=O)CC=CCC1. The number of hydrogen-bond donors (Lipinski definition) is 0. The zero-order valence-electron chi connectivity index (χ0n) is 9.33. The summed E-state index contributed by atoms with van der Waals surface area (Å²) in [5.74, 6) is 0. The molecule has 2 nitrogen and oxygen atoms in total. The van der Waals surface area contributed by atoms with Crippen LogP contribution in [0.2, 0.25) is 0 Å². The van der Waals surface area contributed by atoms with Gasteiger partial charge in [-0.3, -0.25) is 0 Å². The van der Waals surface area contributed by atoms with E-state index < -0.39 is 0 Å². The van der Waals surface area contributed by atoms with E-state index in [2.05, 4.69) is 30.9 Å². The quantitative estimate of drug-likeness (QED) is 0.495. The van der Waals surface area contributed by atoms with Gasteiger partial charge in [0, 0.05) is 12.0 Å². The molecule has 0 aromatic heterocycles. The first kappa shape index (κ1) is 11.4. The van der Waals surface area contributed by atoms with Crippen LogP contribution in [0.5, 0.6) is 0 Å². The third-order valence-electron chi connectivity index (χ3n) is 3.18. The van der Waals surface area contributed by atoms with Crippen molar-refractivity contribution in [2.45, 2.75) is 33.1 Å². The fourth-order valence-corrected chi connectivity index (χ4v) is 2.09. The first-order valence-electron chi connectivity index (χ1n) is 5.60. The van der Waals surface area contributed by atoms with E-state index in [0.717, 1.165) is 38.9 Å². The summed E-state index contributed by atoms with van der Waals surface area (Å²) < 4.78 is 0. The van der Waals surface area contributed by atoms with Crippen molar-refractivity contribution in [3.63, 3.8) is 0 Å². The number of aldehydes is 1. The highest BCUT2D eigenvalue weighted by atomic mass is 16.1. The maximum Gasteiger partial charge on any atom is 0.127 e. The summed E-state index contributed by atoms with van der Waals surface area (Å²) in [6.07, 6.45) is 8.51. The molecule has 1 aliphatic carbocycles. The van der Waals surface area contributed by atoms with Gasteiger partial charge in [-0.25, -0.2) is 0 Å². The molecule has 1 atom stereocenters. The smallest absolute Gasteiger partial charge is 0.127 e. The van der Waals surface area contributed by atoms with Crippen molar-refractivity contribution in [2.24, 2.45) is 5.41 Å². The van der Waals surface area contributed by atoms with Crippen LogP contribution in [0.15, 0.2) is 12.2 Å². The van der Waals surface area contributed by atoms with Crippen LogP contribution < -0.4 is 0 Å². The molecule has 0 saturated carbocycles. The Morgan fingerprint density at radius 1 is 1.36 bits per heavy atom. The van der Waals surface area contributed by atoms with E-state index >= 15 is 0 Å². The summed E-state index contributed by atoms with van der Waals surface area (Å²) >= 11 is 0. The van der Waals surface area contributed by atoms with Crippen molar-refractivity contribution in [1.82, 2.24) is 4.90 Å². The third-order valence-corrected chi connectivity index (χ3v) is 3.18. The van der Waals surface area contributed by atoms with Gasteiger partial charge in [0.1, 0.15) is 6.29 Å². The lowest BCUT2D eigenvalue weighted by atomic mass is 9.78. The Kier molecular flexibility index (Phi) is 4.33. The second-order valence-corrected chi connectivity index (χ2v) is 4.16. The van der Waals surface area contributed by atoms with E-state index in [1.807, 2.05) is 0 Å².